The summed E-state index contributed by atoms with van der Waals surface area (Å²) in [6.07, 6.45) is 10.5. The number of benzene rings is 1. The van der Waals surface area contributed by atoms with Gasteiger partial charge in [0.2, 0.25) is 0 Å². The van der Waals surface area contributed by atoms with Crippen molar-refractivity contribution in [2.45, 2.75) is 77.7 Å². The normalized spacial score (nSPS) is 14.3. The van der Waals surface area contributed by atoms with Gasteiger partial charge in [0.05, 0.1) is 0 Å². The molecule has 1 rings (SSSR count). The Bertz CT molecular complexity index is 337. The maximum Gasteiger partial charge on any atom is 0.0381 e. The van der Waals surface area contributed by atoms with Gasteiger partial charge in [-0.2, -0.15) is 0 Å². The second kappa shape index (κ2) is 8.37. The number of unbranched alkanes of at least 4 members (excludes halogenated alkanes) is 6. The first kappa shape index (κ1) is 16.2. The topological polar surface area (TPSA) is 26.0 Å². The molecular formula is C18H31N. The molecule has 19 heavy (non-hydrogen) atoms. The van der Waals surface area contributed by atoms with E-state index >= 15 is 0 Å². The molecule has 1 aromatic carbocycles. The molecule has 0 saturated heterocycles. The Morgan fingerprint density at radius 3 is 2.00 bits per heavy atom. The van der Waals surface area contributed by atoms with Gasteiger partial charge in [-0.05, 0) is 25.8 Å². The highest BCUT2D eigenvalue weighted by Gasteiger charge is 2.19. The molecule has 2 N–H and O–H groups in total. The van der Waals surface area contributed by atoms with Crippen molar-refractivity contribution in [3.63, 3.8) is 0 Å². The Hall–Kier alpha value is -0.820. The van der Waals surface area contributed by atoms with Gasteiger partial charge in [-0.1, -0.05) is 81.7 Å². The lowest BCUT2D eigenvalue weighted by Crippen LogP contribution is -2.32. The largest absolute Gasteiger partial charge is 0.322 e. The molecule has 0 radical (unpaired) electrons. The van der Waals surface area contributed by atoms with Gasteiger partial charge in [0.1, 0.15) is 0 Å². The summed E-state index contributed by atoms with van der Waals surface area (Å²) in [5, 5.41) is 0. The van der Waals surface area contributed by atoms with Crippen molar-refractivity contribution in [1.82, 2.24) is 0 Å². The Morgan fingerprint density at radius 2 is 1.42 bits per heavy atom. The molecule has 1 aromatic rings. The summed E-state index contributed by atoms with van der Waals surface area (Å²) < 4.78 is 0. The third-order valence-corrected chi connectivity index (χ3v) is 4.01. The molecule has 0 aliphatic rings. The van der Waals surface area contributed by atoms with Crippen LogP contribution in [0, 0.1) is 6.92 Å². The number of rotatable bonds is 9. The zero-order valence-corrected chi connectivity index (χ0v) is 13.0. The molecule has 1 atom stereocenters. The van der Waals surface area contributed by atoms with Crippen molar-refractivity contribution < 1.29 is 0 Å². The van der Waals surface area contributed by atoms with Crippen LogP contribution in [0.2, 0.25) is 0 Å². The van der Waals surface area contributed by atoms with Crippen LogP contribution in [-0.2, 0) is 5.54 Å². The van der Waals surface area contributed by atoms with Gasteiger partial charge in [0, 0.05) is 5.54 Å². The highest BCUT2D eigenvalue weighted by Crippen LogP contribution is 2.24. The van der Waals surface area contributed by atoms with Crippen molar-refractivity contribution in [2.24, 2.45) is 5.73 Å². The van der Waals surface area contributed by atoms with Gasteiger partial charge in [0.25, 0.3) is 0 Å². The maximum absolute atomic E-state index is 6.45. The average Bonchev–Trinajstić information content (AvgIpc) is 2.38. The van der Waals surface area contributed by atoms with Crippen molar-refractivity contribution in [2.75, 3.05) is 0 Å². The van der Waals surface area contributed by atoms with Gasteiger partial charge in [0.15, 0.2) is 0 Å². The van der Waals surface area contributed by atoms with Crippen molar-refractivity contribution in [1.29, 1.82) is 0 Å². The number of nitrogens with two attached hydrogens (primary N) is 1. The standard InChI is InChI=1S/C18H31N/c1-4-5-6-7-8-9-10-15-18(3,19)17-13-11-16(2)12-14-17/h11-14H,4-10,15,19H2,1-3H3. The van der Waals surface area contributed by atoms with Gasteiger partial charge in [-0.15, -0.1) is 0 Å². The van der Waals surface area contributed by atoms with E-state index in [2.05, 4.69) is 45.0 Å². The maximum atomic E-state index is 6.45. The van der Waals surface area contributed by atoms with Crippen LogP contribution >= 0.6 is 0 Å². The first-order valence-electron chi connectivity index (χ1n) is 7.92. The van der Waals surface area contributed by atoms with Crippen molar-refractivity contribution in [3.05, 3.63) is 35.4 Å². The fraction of sp³-hybridized carbons (Fsp3) is 0.667. The van der Waals surface area contributed by atoms with E-state index in [-0.39, 0.29) is 5.54 Å². The lowest BCUT2D eigenvalue weighted by Gasteiger charge is -2.25. The quantitative estimate of drug-likeness (QED) is 0.599. The Morgan fingerprint density at radius 1 is 0.895 bits per heavy atom. The van der Waals surface area contributed by atoms with E-state index in [1.165, 1.54) is 56.1 Å². The summed E-state index contributed by atoms with van der Waals surface area (Å²) in [6, 6.07) is 8.67. The predicted molar refractivity (Wildman–Crippen MR) is 85.3 cm³/mol. The molecule has 0 aliphatic carbocycles. The fourth-order valence-corrected chi connectivity index (χ4v) is 2.53. The molecule has 0 bridgehead atoms. The lowest BCUT2D eigenvalue weighted by atomic mass is 9.87. The zero-order valence-electron chi connectivity index (χ0n) is 13.0. The van der Waals surface area contributed by atoms with Crippen LogP contribution in [0.1, 0.15) is 76.3 Å². The molecule has 1 unspecified atom stereocenters. The fourth-order valence-electron chi connectivity index (χ4n) is 2.53. The van der Waals surface area contributed by atoms with Crippen LogP contribution < -0.4 is 5.73 Å². The van der Waals surface area contributed by atoms with Crippen LogP contribution in [0.3, 0.4) is 0 Å². The van der Waals surface area contributed by atoms with Gasteiger partial charge in [-0.25, -0.2) is 0 Å². The van der Waals surface area contributed by atoms with E-state index in [9.17, 15) is 0 Å². The Labute approximate surface area is 119 Å². The molecule has 1 heteroatoms. The minimum absolute atomic E-state index is 0.170. The summed E-state index contributed by atoms with van der Waals surface area (Å²) in [5.74, 6) is 0. The highest BCUT2D eigenvalue weighted by atomic mass is 14.7. The average molecular weight is 261 g/mol. The SMILES string of the molecule is CCCCCCCCCC(C)(N)c1ccc(C)cc1. The van der Waals surface area contributed by atoms with Crippen molar-refractivity contribution >= 4 is 0 Å². The second-order valence-corrected chi connectivity index (χ2v) is 6.15. The molecule has 0 fully saturated rings. The highest BCUT2D eigenvalue weighted by molar-refractivity contribution is 5.26. The van der Waals surface area contributed by atoms with Crippen LogP contribution in [0.5, 0.6) is 0 Å². The van der Waals surface area contributed by atoms with Crippen molar-refractivity contribution in [3.8, 4) is 0 Å². The molecular weight excluding hydrogens is 230 g/mol. The van der Waals surface area contributed by atoms with E-state index in [1.807, 2.05) is 0 Å². The molecule has 0 aliphatic heterocycles. The summed E-state index contributed by atoms with van der Waals surface area (Å²) in [7, 11) is 0. The molecule has 0 aromatic heterocycles. The third kappa shape index (κ3) is 6.24. The van der Waals surface area contributed by atoms with E-state index in [0.29, 0.717) is 0 Å². The van der Waals surface area contributed by atoms with Gasteiger partial charge < -0.3 is 5.73 Å². The minimum Gasteiger partial charge on any atom is -0.322 e. The minimum atomic E-state index is -0.170. The summed E-state index contributed by atoms with van der Waals surface area (Å²) >= 11 is 0. The van der Waals surface area contributed by atoms with Crippen LogP contribution in [0.25, 0.3) is 0 Å². The molecule has 1 nitrogen and oxygen atoms in total. The van der Waals surface area contributed by atoms with Crippen LogP contribution in [0.4, 0.5) is 0 Å². The second-order valence-electron chi connectivity index (χ2n) is 6.15. The monoisotopic (exact) mass is 261 g/mol. The van der Waals surface area contributed by atoms with Crippen LogP contribution in [0.15, 0.2) is 24.3 Å². The number of hydrogen-bond donors (Lipinski definition) is 1. The van der Waals surface area contributed by atoms with E-state index in [1.54, 1.807) is 0 Å². The Kier molecular flexibility index (Phi) is 7.15. The molecule has 0 heterocycles. The first-order chi connectivity index (χ1) is 9.06. The molecule has 0 saturated carbocycles. The predicted octanol–water partition coefficient (Wildman–Crippen LogP) is 5.31. The van der Waals surface area contributed by atoms with E-state index in [0.717, 1.165) is 6.42 Å². The molecule has 108 valence electrons. The number of hydrogen-bond acceptors (Lipinski definition) is 1. The number of aryl methyl sites for hydroxylation is 1. The first-order valence-corrected chi connectivity index (χ1v) is 7.92. The molecule has 0 amide bonds. The summed E-state index contributed by atoms with van der Waals surface area (Å²) in [6.45, 7) is 6.55. The Balaban J connectivity index is 2.25. The van der Waals surface area contributed by atoms with E-state index < -0.39 is 0 Å². The lowest BCUT2D eigenvalue weighted by molar-refractivity contribution is 0.421. The third-order valence-electron chi connectivity index (χ3n) is 4.01. The van der Waals surface area contributed by atoms with E-state index in [4.69, 9.17) is 5.73 Å². The summed E-state index contributed by atoms with van der Waals surface area (Å²) in [4.78, 5) is 0. The van der Waals surface area contributed by atoms with Gasteiger partial charge in [-0.3, -0.25) is 0 Å². The summed E-state index contributed by atoms with van der Waals surface area (Å²) in [5.41, 5.74) is 8.85. The smallest absolute Gasteiger partial charge is 0.0381 e. The van der Waals surface area contributed by atoms with Gasteiger partial charge >= 0.3 is 0 Å². The zero-order chi connectivity index (χ0) is 14.1. The molecule has 0 spiro atoms. The van der Waals surface area contributed by atoms with Crippen LogP contribution in [-0.4, -0.2) is 0 Å².